The predicted molar refractivity (Wildman–Crippen MR) is 84.3 cm³/mol. The molecule has 0 aliphatic rings. The first-order chi connectivity index (χ1) is 9.69. The molecule has 0 saturated heterocycles. The van der Waals surface area contributed by atoms with Crippen molar-refractivity contribution in [3.63, 3.8) is 0 Å². The molecule has 0 saturated carbocycles. The Labute approximate surface area is 129 Å². The highest BCUT2D eigenvalue weighted by Crippen LogP contribution is 2.13. The summed E-state index contributed by atoms with van der Waals surface area (Å²) in [5, 5.41) is 4.80. The SMILES string of the molecule is CC(C)C[C@H](NS(=O)(=O)NC(C)C)C(=O)Nc1nccs1. The second-order valence-corrected chi connectivity index (χ2v) is 7.78. The molecule has 0 aliphatic heterocycles. The molecular weight excluding hydrogens is 312 g/mol. The van der Waals surface area contributed by atoms with Crippen molar-refractivity contribution in [3.05, 3.63) is 11.6 Å². The molecule has 0 aromatic carbocycles. The maximum atomic E-state index is 12.2. The van der Waals surface area contributed by atoms with Gasteiger partial charge in [-0.05, 0) is 26.2 Å². The van der Waals surface area contributed by atoms with Crippen molar-refractivity contribution in [2.24, 2.45) is 5.92 Å². The number of nitrogens with one attached hydrogen (secondary N) is 3. The Bertz CT molecular complexity index is 541. The molecule has 9 heteroatoms. The summed E-state index contributed by atoms with van der Waals surface area (Å²) >= 11 is 1.28. The van der Waals surface area contributed by atoms with E-state index in [2.05, 4.69) is 19.7 Å². The minimum atomic E-state index is -3.73. The number of anilines is 1. The molecule has 0 fully saturated rings. The molecule has 1 atom stereocenters. The van der Waals surface area contributed by atoms with E-state index in [9.17, 15) is 13.2 Å². The second-order valence-electron chi connectivity index (χ2n) is 5.40. The van der Waals surface area contributed by atoms with E-state index in [0.717, 1.165) is 0 Å². The summed E-state index contributed by atoms with van der Waals surface area (Å²) in [4.78, 5) is 16.2. The number of thiazole rings is 1. The molecule has 1 amide bonds. The largest absolute Gasteiger partial charge is 0.301 e. The van der Waals surface area contributed by atoms with E-state index in [1.807, 2.05) is 13.8 Å². The minimum Gasteiger partial charge on any atom is -0.301 e. The normalized spacial score (nSPS) is 13.6. The van der Waals surface area contributed by atoms with Crippen LogP contribution in [0, 0.1) is 5.92 Å². The second kappa shape index (κ2) is 7.83. The van der Waals surface area contributed by atoms with E-state index in [4.69, 9.17) is 0 Å². The van der Waals surface area contributed by atoms with Crippen LogP contribution in [-0.4, -0.2) is 31.4 Å². The summed E-state index contributed by atoms with van der Waals surface area (Å²) in [7, 11) is -3.73. The van der Waals surface area contributed by atoms with Crippen LogP contribution in [0.25, 0.3) is 0 Å². The molecule has 7 nitrogen and oxygen atoms in total. The Hall–Kier alpha value is -1.03. The number of hydrogen-bond acceptors (Lipinski definition) is 5. The summed E-state index contributed by atoms with van der Waals surface area (Å²) in [5.74, 6) is -0.244. The van der Waals surface area contributed by atoms with Crippen molar-refractivity contribution in [1.82, 2.24) is 14.4 Å². The highest BCUT2D eigenvalue weighted by Gasteiger charge is 2.26. The highest BCUT2D eigenvalue weighted by molar-refractivity contribution is 7.87. The van der Waals surface area contributed by atoms with Gasteiger partial charge in [0.2, 0.25) is 5.91 Å². The lowest BCUT2D eigenvalue weighted by Crippen LogP contribution is -2.50. The topological polar surface area (TPSA) is 100 Å². The maximum absolute atomic E-state index is 12.2. The van der Waals surface area contributed by atoms with Gasteiger partial charge < -0.3 is 5.32 Å². The molecule has 1 rings (SSSR count). The number of hydrogen-bond donors (Lipinski definition) is 3. The fourth-order valence-corrected chi connectivity index (χ4v) is 3.49. The number of amides is 1. The molecule has 3 N–H and O–H groups in total. The average molecular weight is 334 g/mol. The van der Waals surface area contributed by atoms with E-state index in [1.165, 1.54) is 11.3 Å². The Balaban J connectivity index is 2.77. The fraction of sp³-hybridized carbons (Fsp3) is 0.667. The molecule has 21 heavy (non-hydrogen) atoms. The zero-order valence-corrected chi connectivity index (χ0v) is 14.2. The van der Waals surface area contributed by atoms with Crippen molar-refractivity contribution < 1.29 is 13.2 Å². The molecule has 0 spiro atoms. The summed E-state index contributed by atoms with van der Waals surface area (Å²) in [6, 6.07) is -1.09. The van der Waals surface area contributed by atoms with Crippen LogP contribution in [0.1, 0.15) is 34.1 Å². The molecule has 1 aromatic rings. The average Bonchev–Trinajstić information content (AvgIpc) is 2.77. The van der Waals surface area contributed by atoms with Crippen molar-refractivity contribution in [2.75, 3.05) is 5.32 Å². The highest BCUT2D eigenvalue weighted by atomic mass is 32.2. The van der Waals surface area contributed by atoms with Gasteiger partial charge in [0, 0.05) is 17.6 Å². The lowest BCUT2D eigenvalue weighted by molar-refractivity contribution is -0.118. The van der Waals surface area contributed by atoms with E-state index in [0.29, 0.717) is 11.6 Å². The summed E-state index contributed by atoms with van der Waals surface area (Å²) < 4.78 is 28.6. The van der Waals surface area contributed by atoms with Crippen molar-refractivity contribution >= 4 is 32.6 Å². The van der Waals surface area contributed by atoms with Gasteiger partial charge in [0.25, 0.3) is 10.2 Å². The molecule has 120 valence electrons. The zero-order chi connectivity index (χ0) is 16.0. The van der Waals surface area contributed by atoms with Gasteiger partial charge in [0.15, 0.2) is 5.13 Å². The first kappa shape index (κ1) is 18.0. The number of nitrogens with zero attached hydrogens (tertiary/aromatic N) is 1. The summed E-state index contributed by atoms with van der Waals surface area (Å²) in [6.07, 6.45) is 1.97. The van der Waals surface area contributed by atoms with Gasteiger partial charge in [0.05, 0.1) is 0 Å². The van der Waals surface area contributed by atoms with Gasteiger partial charge in [-0.3, -0.25) is 4.79 Å². The minimum absolute atomic E-state index is 0.166. The lowest BCUT2D eigenvalue weighted by atomic mass is 10.0. The van der Waals surface area contributed by atoms with Crippen LogP contribution in [0.2, 0.25) is 0 Å². The van der Waals surface area contributed by atoms with E-state index in [-0.39, 0.29) is 12.0 Å². The van der Waals surface area contributed by atoms with Crippen LogP contribution in [0.4, 0.5) is 5.13 Å². The van der Waals surface area contributed by atoms with Crippen LogP contribution in [0.15, 0.2) is 11.6 Å². The first-order valence-electron chi connectivity index (χ1n) is 6.69. The monoisotopic (exact) mass is 334 g/mol. The summed E-state index contributed by atoms with van der Waals surface area (Å²) in [5.41, 5.74) is 0. The van der Waals surface area contributed by atoms with Crippen LogP contribution in [-0.2, 0) is 15.0 Å². The fourth-order valence-electron chi connectivity index (χ4n) is 1.69. The zero-order valence-electron chi connectivity index (χ0n) is 12.6. The first-order valence-corrected chi connectivity index (χ1v) is 9.06. The Morgan fingerprint density at radius 3 is 2.43 bits per heavy atom. The van der Waals surface area contributed by atoms with Gasteiger partial charge in [0.1, 0.15) is 6.04 Å². The van der Waals surface area contributed by atoms with Crippen LogP contribution in [0.3, 0.4) is 0 Å². The number of aromatic nitrogens is 1. The van der Waals surface area contributed by atoms with Crippen LogP contribution < -0.4 is 14.8 Å². The van der Waals surface area contributed by atoms with Crippen LogP contribution in [0.5, 0.6) is 0 Å². The summed E-state index contributed by atoms with van der Waals surface area (Å²) in [6.45, 7) is 7.28. The van der Waals surface area contributed by atoms with E-state index < -0.39 is 22.2 Å². The van der Waals surface area contributed by atoms with Crippen molar-refractivity contribution in [3.8, 4) is 0 Å². The van der Waals surface area contributed by atoms with E-state index >= 15 is 0 Å². The van der Waals surface area contributed by atoms with Crippen molar-refractivity contribution in [2.45, 2.75) is 46.2 Å². The maximum Gasteiger partial charge on any atom is 0.277 e. The molecule has 0 unspecified atom stereocenters. The Morgan fingerprint density at radius 1 is 1.29 bits per heavy atom. The molecular formula is C12H22N4O3S2. The third-order valence-electron chi connectivity index (χ3n) is 2.37. The molecule has 1 aromatic heterocycles. The standard InChI is InChI=1S/C12H22N4O3S2/c1-8(2)7-10(16-21(18,19)15-9(3)4)11(17)14-12-13-5-6-20-12/h5-6,8-10,15-16H,7H2,1-4H3,(H,13,14,17)/t10-/m0/s1. The number of rotatable bonds is 8. The molecule has 0 bridgehead atoms. The molecule has 0 aliphatic carbocycles. The Kier molecular flexibility index (Phi) is 6.72. The lowest BCUT2D eigenvalue weighted by Gasteiger charge is -2.20. The predicted octanol–water partition coefficient (Wildman–Crippen LogP) is 1.33. The van der Waals surface area contributed by atoms with Gasteiger partial charge in [-0.25, -0.2) is 4.98 Å². The van der Waals surface area contributed by atoms with Crippen molar-refractivity contribution in [1.29, 1.82) is 0 Å². The van der Waals surface area contributed by atoms with Gasteiger partial charge >= 0.3 is 0 Å². The Morgan fingerprint density at radius 2 is 1.95 bits per heavy atom. The van der Waals surface area contributed by atoms with Crippen LogP contribution >= 0.6 is 11.3 Å². The third kappa shape index (κ3) is 6.98. The molecule has 1 heterocycles. The number of carbonyl (C=O) groups is 1. The number of carbonyl (C=O) groups excluding carboxylic acids is 1. The van der Waals surface area contributed by atoms with Gasteiger partial charge in [-0.1, -0.05) is 13.8 Å². The van der Waals surface area contributed by atoms with Gasteiger partial charge in [-0.2, -0.15) is 17.9 Å². The quantitative estimate of drug-likeness (QED) is 0.667. The smallest absolute Gasteiger partial charge is 0.277 e. The van der Waals surface area contributed by atoms with Gasteiger partial charge in [-0.15, -0.1) is 11.3 Å². The third-order valence-corrected chi connectivity index (χ3v) is 4.44. The van der Waals surface area contributed by atoms with E-state index in [1.54, 1.807) is 25.4 Å². The molecule has 0 radical (unpaired) electrons.